The molecule has 2 aliphatic rings. The summed E-state index contributed by atoms with van der Waals surface area (Å²) in [5.41, 5.74) is -2.58. The molecule has 0 aromatic rings. The van der Waals surface area contributed by atoms with E-state index in [1.807, 2.05) is 0 Å². The lowest BCUT2D eigenvalue weighted by atomic mass is 9.79. The molecule has 2 atom stereocenters. The monoisotopic (exact) mass is 237 g/mol. The van der Waals surface area contributed by atoms with Crippen LogP contribution in [0.5, 0.6) is 0 Å². The van der Waals surface area contributed by atoms with Crippen LogP contribution in [-0.2, 0) is 4.79 Å². The second-order valence-electron chi connectivity index (χ2n) is 4.72. The maximum Gasteiger partial charge on any atom is 0.417 e. The van der Waals surface area contributed by atoms with Crippen LogP contribution in [0.2, 0.25) is 0 Å². The Morgan fingerprint density at radius 2 is 1.75 bits per heavy atom. The Morgan fingerprint density at radius 3 is 2.06 bits per heavy atom. The average Bonchev–Trinajstić information content (AvgIpc) is 2.37. The first kappa shape index (κ1) is 11.7. The smallest absolute Gasteiger partial charge is 0.380 e. The quantitative estimate of drug-likeness (QED) is 0.687. The third-order valence-corrected chi connectivity index (χ3v) is 3.89. The first-order chi connectivity index (χ1) is 7.26. The summed E-state index contributed by atoms with van der Waals surface area (Å²) >= 11 is 0. The minimum Gasteiger partial charge on any atom is -0.380 e. The second-order valence-corrected chi connectivity index (χ2v) is 4.72. The van der Waals surface area contributed by atoms with Crippen LogP contribution >= 0.6 is 0 Å². The third-order valence-electron chi connectivity index (χ3n) is 3.89. The van der Waals surface area contributed by atoms with Crippen LogP contribution in [0.15, 0.2) is 0 Å². The number of rotatable bonds is 0. The Morgan fingerprint density at radius 1 is 1.31 bits per heavy atom. The number of fused-ring (bicyclic) bond motifs is 2. The number of amides is 1. The number of likely N-dealkylation sites (tertiary alicyclic amines) is 1. The van der Waals surface area contributed by atoms with Crippen molar-refractivity contribution in [2.45, 2.75) is 31.5 Å². The normalized spacial score (nSPS) is 38.9. The molecule has 1 aliphatic heterocycles. The molecular formula is C10H14F3NO2. The Bertz CT molecular complexity index is 302. The fourth-order valence-electron chi connectivity index (χ4n) is 2.96. The molecule has 1 saturated heterocycles. The predicted molar refractivity (Wildman–Crippen MR) is 49.5 cm³/mol. The van der Waals surface area contributed by atoms with Crippen molar-refractivity contribution in [2.24, 2.45) is 11.8 Å². The van der Waals surface area contributed by atoms with E-state index in [0.717, 1.165) is 0 Å². The molecule has 1 N–H and O–H groups in total. The van der Waals surface area contributed by atoms with E-state index in [1.54, 1.807) is 0 Å². The van der Waals surface area contributed by atoms with Crippen molar-refractivity contribution in [2.75, 3.05) is 13.1 Å². The van der Waals surface area contributed by atoms with Crippen LogP contribution in [-0.4, -0.2) is 40.8 Å². The van der Waals surface area contributed by atoms with E-state index in [9.17, 15) is 23.1 Å². The molecule has 92 valence electrons. The predicted octanol–water partition coefficient (Wildman–Crippen LogP) is 1.17. The molecule has 2 fully saturated rings. The van der Waals surface area contributed by atoms with Gasteiger partial charge in [0, 0.05) is 31.8 Å². The lowest BCUT2D eigenvalue weighted by Crippen LogP contribution is -2.62. The molecule has 2 rings (SSSR count). The molecule has 6 heteroatoms. The van der Waals surface area contributed by atoms with Crippen LogP contribution < -0.4 is 0 Å². The van der Waals surface area contributed by atoms with Crippen LogP contribution in [0.1, 0.15) is 19.8 Å². The number of piperidine rings is 1. The number of carbonyl (C=O) groups excluding carboxylic acids is 1. The van der Waals surface area contributed by atoms with Gasteiger partial charge in [-0.3, -0.25) is 4.79 Å². The van der Waals surface area contributed by atoms with E-state index in [4.69, 9.17) is 0 Å². The van der Waals surface area contributed by atoms with Gasteiger partial charge >= 0.3 is 6.18 Å². The zero-order chi connectivity index (χ0) is 12.1. The van der Waals surface area contributed by atoms with Gasteiger partial charge in [0.25, 0.3) is 0 Å². The fourth-order valence-corrected chi connectivity index (χ4v) is 2.96. The van der Waals surface area contributed by atoms with E-state index >= 15 is 0 Å². The molecule has 0 aromatic carbocycles. The van der Waals surface area contributed by atoms with Gasteiger partial charge in [-0.1, -0.05) is 0 Å². The molecule has 16 heavy (non-hydrogen) atoms. The number of carbonyl (C=O) groups is 1. The summed E-state index contributed by atoms with van der Waals surface area (Å²) in [7, 11) is 0. The Kier molecular flexibility index (Phi) is 2.45. The van der Waals surface area contributed by atoms with Crippen LogP contribution in [0, 0.1) is 11.8 Å². The maximum absolute atomic E-state index is 12.8. The number of aliphatic hydroxyl groups is 1. The Hall–Kier alpha value is -0.780. The minimum atomic E-state index is -4.60. The number of hydrogen-bond donors (Lipinski definition) is 1. The average molecular weight is 237 g/mol. The van der Waals surface area contributed by atoms with Gasteiger partial charge in [-0.15, -0.1) is 0 Å². The molecule has 1 aliphatic carbocycles. The summed E-state index contributed by atoms with van der Waals surface area (Å²) in [6, 6.07) is 0. The summed E-state index contributed by atoms with van der Waals surface area (Å²) in [6.45, 7) is 1.38. The van der Waals surface area contributed by atoms with Crippen molar-refractivity contribution in [3.63, 3.8) is 0 Å². The Labute approximate surface area is 91.2 Å². The molecule has 2 unspecified atom stereocenters. The third kappa shape index (κ3) is 1.43. The largest absolute Gasteiger partial charge is 0.417 e. The van der Waals surface area contributed by atoms with Gasteiger partial charge < -0.3 is 10.0 Å². The minimum absolute atomic E-state index is 0.0157. The highest BCUT2D eigenvalue weighted by Gasteiger charge is 2.67. The highest BCUT2D eigenvalue weighted by molar-refractivity contribution is 5.73. The molecule has 1 amide bonds. The SMILES string of the molecule is CC(=O)N1CC2CCC(C1)C2(O)C(F)(F)F. The van der Waals surface area contributed by atoms with E-state index in [2.05, 4.69) is 0 Å². The molecule has 3 nitrogen and oxygen atoms in total. The number of alkyl halides is 3. The highest BCUT2D eigenvalue weighted by atomic mass is 19.4. The van der Waals surface area contributed by atoms with Crippen molar-refractivity contribution in [1.82, 2.24) is 4.90 Å². The molecule has 2 bridgehead atoms. The van der Waals surface area contributed by atoms with Crippen molar-refractivity contribution in [1.29, 1.82) is 0 Å². The zero-order valence-electron chi connectivity index (χ0n) is 8.92. The molecule has 1 saturated carbocycles. The van der Waals surface area contributed by atoms with Crippen LogP contribution in [0.4, 0.5) is 13.2 Å². The number of nitrogens with zero attached hydrogens (tertiary/aromatic N) is 1. The lowest BCUT2D eigenvalue weighted by molar-refractivity contribution is -0.297. The van der Waals surface area contributed by atoms with Crippen molar-refractivity contribution in [3.05, 3.63) is 0 Å². The first-order valence-electron chi connectivity index (χ1n) is 5.31. The zero-order valence-corrected chi connectivity index (χ0v) is 8.92. The van der Waals surface area contributed by atoms with Crippen LogP contribution in [0.25, 0.3) is 0 Å². The standard InChI is InChI=1S/C10H14F3NO2/c1-6(15)14-4-7-2-3-8(5-14)9(7,16)10(11,12)13/h7-8,16H,2-5H2,1H3. The van der Waals surface area contributed by atoms with E-state index < -0.39 is 23.6 Å². The van der Waals surface area contributed by atoms with E-state index in [0.29, 0.717) is 12.8 Å². The summed E-state index contributed by atoms with van der Waals surface area (Å²) in [5.74, 6) is -1.95. The van der Waals surface area contributed by atoms with Gasteiger partial charge in [0.05, 0.1) is 0 Å². The summed E-state index contributed by atoms with van der Waals surface area (Å²) in [6.07, 6.45) is -3.92. The molecule has 0 radical (unpaired) electrons. The lowest BCUT2D eigenvalue weighted by Gasteiger charge is -2.44. The summed E-state index contributed by atoms with van der Waals surface area (Å²) < 4.78 is 38.5. The van der Waals surface area contributed by atoms with Crippen molar-refractivity contribution >= 4 is 5.91 Å². The van der Waals surface area contributed by atoms with E-state index in [1.165, 1.54) is 11.8 Å². The second kappa shape index (κ2) is 3.35. The first-order valence-corrected chi connectivity index (χ1v) is 5.31. The highest BCUT2D eigenvalue weighted by Crippen LogP contribution is 2.53. The molecule has 1 heterocycles. The number of hydrogen-bond acceptors (Lipinski definition) is 2. The van der Waals surface area contributed by atoms with E-state index in [-0.39, 0.29) is 19.0 Å². The van der Waals surface area contributed by atoms with Gasteiger partial charge in [-0.2, -0.15) is 13.2 Å². The van der Waals surface area contributed by atoms with Gasteiger partial charge in [-0.05, 0) is 12.8 Å². The van der Waals surface area contributed by atoms with Crippen molar-refractivity contribution in [3.8, 4) is 0 Å². The fraction of sp³-hybridized carbons (Fsp3) is 0.900. The van der Waals surface area contributed by atoms with Gasteiger partial charge in [-0.25, -0.2) is 0 Å². The van der Waals surface area contributed by atoms with Gasteiger partial charge in [0.2, 0.25) is 5.91 Å². The maximum atomic E-state index is 12.8. The van der Waals surface area contributed by atoms with Gasteiger partial charge in [0.1, 0.15) is 0 Å². The summed E-state index contributed by atoms with van der Waals surface area (Å²) in [5, 5.41) is 9.84. The summed E-state index contributed by atoms with van der Waals surface area (Å²) in [4.78, 5) is 12.5. The molecule has 0 aromatic heterocycles. The topological polar surface area (TPSA) is 40.5 Å². The van der Waals surface area contributed by atoms with Crippen LogP contribution in [0.3, 0.4) is 0 Å². The van der Waals surface area contributed by atoms with Gasteiger partial charge in [0.15, 0.2) is 5.60 Å². The Balaban J connectivity index is 2.26. The molecular weight excluding hydrogens is 223 g/mol. The number of halogens is 3. The van der Waals surface area contributed by atoms with Crippen molar-refractivity contribution < 1.29 is 23.1 Å². The molecule has 0 spiro atoms.